The first-order chi connectivity index (χ1) is 8.16. The molecule has 0 aliphatic carbocycles. The summed E-state index contributed by atoms with van der Waals surface area (Å²) in [6.07, 6.45) is 2.41. The molecule has 0 bridgehead atoms. The monoisotopic (exact) mass is 258 g/mol. The van der Waals surface area contributed by atoms with Gasteiger partial charge < -0.3 is 9.84 Å². The normalized spacial score (nSPS) is 21.7. The minimum atomic E-state index is -0.578. The van der Waals surface area contributed by atoms with E-state index in [0.29, 0.717) is 12.0 Å². The molecule has 0 amide bonds. The second-order valence-electron chi connectivity index (χ2n) is 4.44. The second-order valence-corrected chi connectivity index (χ2v) is 4.85. The van der Waals surface area contributed by atoms with Crippen LogP contribution in [0.1, 0.15) is 24.8 Å². The maximum Gasteiger partial charge on any atom is 0.145 e. The van der Waals surface area contributed by atoms with Gasteiger partial charge in [0, 0.05) is 13.0 Å². The Balaban J connectivity index is 1.93. The van der Waals surface area contributed by atoms with Crippen LogP contribution in [0, 0.1) is 5.82 Å². The lowest BCUT2D eigenvalue weighted by Crippen LogP contribution is -2.19. The summed E-state index contributed by atoms with van der Waals surface area (Å²) in [6, 6.07) is 4.85. The van der Waals surface area contributed by atoms with Crippen molar-refractivity contribution in [1.29, 1.82) is 0 Å². The third-order valence-electron chi connectivity index (χ3n) is 3.05. The van der Waals surface area contributed by atoms with E-state index in [-0.39, 0.29) is 17.5 Å². The SMILES string of the molecule is OC(Cc1cccc(Cl)c1F)CC1CCCO1. The van der Waals surface area contributed by atoms with Crippen molar-refractivity contribution in [3.05, 3.63) is 34.6 Å². The molecular weight excluding hydrogens is 243 g/mol. The van der Waals surface area contributed by atoms with Crippen molar-refractivity contribution in [2.45, 2.75) is 37.9 Å². The summed E-state index contributed by atoms with van der Waals surface area (Å²) in [5.41, 5.74) is 0.461. The van der Waals surface area contributed by atoms with Crippen LogP contribution in [-0.2, 0) is 11.2 Å². The van der Waals surface area contributed by atoms with E-state index in [2.05, 4.69) is 0 Å². The van der Waals surface area contributed by atoms with Crippen molar-refractivity contribution < 1.29 is 14.2 Å². The van der Waals surface area contributed by atoms with Gasteiger partial charge in [0.15, 0.2) is 0 Å². The fourth-order valence-electron chi connectivity index (χ4n) is 2.18. The van der Waals surface area contributed by atoms with E-state index < -0.39 is 11.9 Å². The predicted molar refractivity (Wildman–Crippen MR) is 64.7 cm³/mol. The van der Waals surface area contributed by atoms with Gasteiger partial charge in [0.2, 0.25) is 0 Å². The molecular formula is C13H16ClFO2. The van der Waals surface area contributed by atoms with E-state index >= 15 is 0 Å². The van der Waals surface area contributed by atoms with Crippen molar-refractivity contribution in [1.82, 2.24) is 0 Å². The molecule has 2 rings (SSSR count). The van der Waals surface area contributed by atoms with Crippen LogP contribution >= 0.6 is 11.6 Å². The lowest BCUT2D eigenvalue weighted by molar-refractivity contribution is 0.0538. The number of aliphatic hydroxyl groups excluding tert-OH is 1. The lowest BCUT2D eigenvalue weighted by Gasteiger charge is -2.15. The van der Waals surface area contributed by atoms with Crippen LogP contribution in [0.3, 0.4) is 0 Å². The molecule has 1 heterocycles. The number of benzene rings is 1. The molecule has 0 radical (unpaired) electrons. The summed E-state index contributed by atoms with van der Waals surface area (Å²) in [6.45, 7) is 0.767. The molecule has 94 valence electrons. The van der Waals surface area contributed by atoms with Gasteiger partial charge in [-0.05, 0) is 30.9 Å². The highest BCUT2D eigenvalue weighted by molar-refractivity contribution is 6.30. The smallest absolute Gasteiger partial charge is 0.145 e. The number of rotatable bonds is 4. The van der Waals surface area contributed by atoms with Gasteiger partial charge in [-0.25, -0.2) is 4.39 Å². The standard InChI is InChI=1S/C13H16ClFO2/c14-12-5-1-3-9(13(12)15)7-10(16)8-11-4-2-6-17-11/h1,3,5,10-11,16H,2,4,6-8H2. The van der Waals surface area contributed by atoms with Crippen LogP contribution in [0.2, 0.25) is 5.02 Å². The quantitative estimate of drug-likeness (QED) is 0.900. The molecule has 1 saturated heterocycles. The molecule has 0 aromatic heterocycles. The highest BCUT2D eigenvalue weighted by atomic mass is 35.5. The predicted octanol–water partition coefficient (Wildman–Crippen LogP) is 2.95. The van der Waals surface area contributed by atoms with Crippen molar-refractivity contribution in [2.75, 3.05) is 6.61 Å². The van der Waals surface area contributed by atoms with Gasteiger partial charge in [-0.1, -0.05) is 23.7 Å². The van der Waals surface area contributed by atoms with Crippen LogP contribution < -0.4 is 0 Å². The lowest BCUT2D eigenvalue weighted by atomic mass is 10.0. The zero-order valence-electron chi connectivity index (χ0n) is 9.53. The average Bonchev–Trinajstić information content (AvgIpc) is 2.77. The Morgan fingerprint density at radius 3 is 3.06 bits per heavy atom. The van der Waals surface area contributed by atoms with Gasteiger partial charge in [-0.3, -0.25) is 0 Å². The molecule has 0 saturated carbocycles. The third-order valence-corrected chi connectivity index (χ3v) is 3.34. The van der Waals surface area contributed by atoms with Gasteiger partial charge in [-0.2, -0.15) is 0 Å². The number of halogens is 2. The van der Waals surface area contributed by atoms with Gasteiger partial charge in [0.25, 0.3) is 0 Å². The Morgan fingerprint density at radius 2 is 2.35 bits per heavy atom. The van der Waals surface area contributed by atoms with Crippen LogP contribution in [0.4, 0.5) is 4.39 Å². The second kappa shape index (κ2) is 5.80. The molecule has 1 aliphatic rings. The topological polar surface area (TPSA) is 29.5 Å². The Bertz CT molecular complexity index is 378. The Hall–Kier alpha value is -0.640. The zero-order chi connectivity index (χ0) is 12.3. The molecule has 1 fully saturated rings. The fraction of sp³-hybridized carbons (Fsp3) is 0.538. The molecule has 0 spiro atoms. The summed E-state index contributed by atoms with van der Waals surface area (Å²) in [5.74, 6) is -0.430. The Labute approximate surface area is 105 Å². The Kier molecular flexibility index (Phi) is 4.37. The number of aliphatic hydroxyl groups is 1. The van der Waals surface area contributed by atoms with Crippen molar-refractivity contribution in [3.8, 4) is 0 Å². The first kappa shape index (κ1) is 12.8. The van der Waals surface area contributed by atoms with Crippen LogP contribution in [0.5, 0.6) is 0 Å². The maximum absolute atomic E-state index is 13.6. The minimum absolute atomic E-state index is 0.104. The van der Waals surface area contributed by atoms with Gasteiger partial charge >= 0.3 is 0 Å². The summed E-state index contributed by atoms with van der Waals surface area (Å²) in [5, 5.41) is 9.99. The molecule has 1 N–H and O–H groups in total. The van der Waals surface area contributed by atoms with Crippen LogP contribution in [0.25, 0.3) is 0 Å². The van der Waals surface area contributed by atoms with E-state index in [1.807, 2.05) is 0 Å². The van der Waals surface area contributed by atoms with Crippen molar-refractivity contribution in [3.63, 3.8) is 0 Å². The van der Waals surface area contributed by atoms with Gasteiger partial charge in [0.05, 0.1) is 17.2 Å². The molecule has 1 aliphatic heterocycles. The van der Waals surface area contributed by atoms with Crippen LogP contribution in [0.15, 0.2) is 18.2 Å². The first-order valence-corrected chi connectivity index (χ1v) is 6.27. The number of hydrogen-bond acceptors (Lipinski definition) is 2. The minimum Gasteiger partial charge on any atom is -0.393 e. The summed E-state index contributed by atoms with van der Waals surface area (Å²) >= 11 is 5.69. The van der Waals surface area contributed by atoms with Gasteiger partial charge in [-0.15, -0.1) is 0 Å². The molecule has 2 nitrogen and oxygen atoms in total. The van der Waals surface area contributed by atoms with Crippen molar-refractivity contribution in [2.24, 2.45) is 0 Å². The molecule has 2 atom stereocenters. The number of ether oxygens (including phenoxy) is 1. The summed E-state index contributed by atoms with van der Waals surface area (Å²) < 4.78 is 19.0. The molecule has 1 aromatic carbocycles. The van der Waals surface area contributed by atoms with Crippen molar-refractivity contribution >= 4 is 11.6 Å². The maximum atomic E-state index is 13.6. The molecule has 17 heavy (non-hydrogen) atoms. The molecule has 1 aromatic rings. The van der Waals surface area contributed by atoms with E-state index in [1.165, 1.54) is 6.07 Å². The van der Waals surface area contributed by atoms with Gasteiger partial charge in [0.1, 0.15) is 5.82 Å². The first-order valence-electron chi connectivity index (χ1n) is 5.89. The van der Waals surface area contributed by atoms with E-state index in [1.54, 1.807) is 12.1 Å². The van der Waals surface area contributed by atoms with E-state index in [4.69, 9.17) is 16.3 Å². The fourth-order valence-corrected chi connectivity index (χ4v) is 2.37. The Morgan fingerprint density at radius 1 is 1.53 bits per heavy atom. The van der Waals surface area contributed by atoms with E-state index in [9.17, 15) is 9.50 Å². The third kappa shape index (κ3) is 3.41. The highest BCUT2D eigenvalue weighted by Gasteiger charge is 2.20. The summed E-state index contributed by atoms with van der Waals surface area (Å²) in [7, 11) is 0. The molecule has 4 heteroatoms. The zero-order valence-corrected chi connectivity index (χ0v) is 10.3. The number of hydrogen-bond donors (Lipinski definition) is 1. The molecule has 2 unspecified atom stereocenters. The van der Waals surface area contributed by atoms with Crippen LogP contribution in [-0.4, -0.2) is 23.9 Å². The van der Waals surface area contributed by atoms with E-state index in [0.717, 1.165) is 19.4 Å². The highest BCUT2D eigenvalue weighted by Crippen LogP contribution is 2.22. The largest absolute Gasteiger partial charge is 0.393 e. The average molecular weight is 259 g/mol. The summed E-state index contributed by atoms with van der Waals surface area (Å²) in [4.78, 5) is 0.